The van der Waals surface area contributed by atoms with Gasteiger partial charge in [-0.2, -0.15) is 5.26 Å². The van der Waals surface area contributed by atoms with Crippen LogP contribution in [0.3, 0.4) is 0 Å². The summed E-state index contributed by atoms with van der Waals surface area (Å²) in [4.78, 5) is 12.6. The molecule has 3 rings (SSSR count). The van der Waals surface area contributed by atoms with Gasteiger partial charge in [-0.3, -0.25) is 4.79 Å². The molecule has 0 heterocycles. The number of halogens is 4. The molecule has 0 unspecified atom stereocenters. The molecule has 5 nitrogen and oxygen atoms in total. The van der Waals surface area contributed by atoms with Gasteiger partial charge in [0.2, 0.25) is 0 Å². The molecular weight excluding hydrogens is 654 g/mol. The fourth-order valence-electron chi connectivity index (χ4n) is 2.90. The van der Waals surface area contributed by atoms with Crippen LogP contribution in [0.25, 0.3) is 6.08 Å². The van der Waals surface area contributed by atoms with Crippen molar-refractivity contribution in [1.29, 1.82) is 5.26 Å². The maximum absolute atomic E-state index is 12.6. The lowest BCUT2D eigenvalue weighted by Gasteiger charge is -2.12. The molecule has 0 aliphatic rings. The fourth-order valence-corrected chi connectivity index (χ4v) is 4.99. The largest absolute Gasteiger partial charge is 0.494 e. The monoisotopic (exact) mass is 670 g/mol. The summed E-state index contributed by atoms with van der Waals surface area (Å²) in [6.07, 6.45) is 1.53. The van der Waals surface area contributed by atoms with Crippen molar-refractivity contribution in [3.05, 3.63) is 89.4 Å². The van der Waals surface area contributed by atoms with Gasteiger partial charge in [-0.25, -0.2) is 0 Å². The molecule has 34 heavy (non-hydrogen) atoms. The van der Waals surface area contributed by atoms with Gasteiger partial charge in [0.1, 0.15) is 29.7 Å². The van der Waals surface area contributed by atoms with Crippen molar-refractivity contribution in [3.8, 4) is 17.6 Å². The second-order valence-electron chi connectivity index (χ2n) is 6.93. The summed E-state index contributed by atoms with van der Waals surface area (Å²) in [6.45, 7) is 2.75. The van der Waals surface area contributed by atoms with Crippen molar-refractivity contribution in [2.45, 2.75) is 13.5 Å². The summed E-state index contributed by atoms with van der Waals surface area (Å²) in [5.41, 5.74) is 2.09. The highest BCUT2D eigenvalue weighted by Gasteiger charge is 2.13. The molecule has 1 N–H and O–H groups in total. The number of carbonyl (C=O) groups is 1. The SMILES string of the molecule is CCOc1ccc(NC(=O)/C(C#N)=C\c2cc(Br)c(OCc3ccc(Cl)c(Cl)c3)c(I)c2)cc1. The van der Waals surface area contributed by atoms with Gasteiger partial charge in [0, 0.05) is 5.69 Å². The van der Waals surface area contributed by atoms with Gasteiger partial charge in [-0.1, -0.05) is 29.3 Å². The first kappa shape index (κ1) is 26.4. The number of anilines is 1. The predicted molar refractivity (Wildman–Crippen MR) is 147 cm³/mol. The van der Waals surface area contributed by atoms with E-state index >= 15 is 0 Å². The van der Waals surface area contributed by atoms with Crippen LogP contribution in [0, 0.1) is 14.9 Å². The van der Waals surface area contributed by atoms with Gasteiger partial charge in [0.15, 0.2) is 0 Å². The molecule has 0 bridgehead atoms. The summed E-state index contributed by atoms with van der Waals surface area (Å²) < 4.78 is 12.8. The lowest BCUT2D eigenvalue weighted by atomic mass is 10.1. The second kappa shape index (κ2) is 12.5. The molecule has 0 spiro atoms. The van der Waals surface area contributed by atoms with E-state index in [-0.39, 0.29) is 5.57 Å². The van der Waals surface area contributed by atoms with Gasteiger partial charge < -0.3 is 14.8 Å². The molecule has 3 aromatic carbocycles. The number of rotatable bonds is 8. The number of carbonyl (C=O) groups excluding carboxylic acids is 1. The van der Waals surface area contributed by atoms with Crippen molar-refractivity contribution >= 4 is 79.4 Å². The molecule has 0 saturated heterocycles. The molecule has 174 valence electrons. The van der Waals surface area contributed by atoms with Gasteiger partial charge >= 0.3 is 0 Å². The highest BCUT2D eigenvalue weighted by molar-refractivity contribution is 14.1. The molecule has 0 aromatic heterocycles. The van der Waals surface area contributed by atoms with Crippen LogP contribution < -0.4 is 14.8 Å². The van der Waals surface area contributed by atoms with Crippen LogP contribution in [0.5, 0.6) is 11.5 Å². The summed E-state index contributed by atoms with van der Waals surface area (Å²) in [5, 5.41) is 13.2. The minimum absolute atomic E-state index is 0.0268. The van der Waals surface area contributed by atoms with Crippen LogP contribution in [0.4, 0.5) is 5.69 Å². The van der Waals surface area contributed by atoms with E-state index < -0.39 is 5.91 Å². The van der Waals surface area contributed by atoms with Crippen LogP contribution in [-0.4, -0.2) is 12.5 Å². The van der Waals surface area contributed by atoms with Crippen molar-refractivity contribution in [3.63, 3.8) is 0 Å². The number of hydrogen-bond donors (Lipinski definition) is 1. The van der Waals surface area contributed by atoms with E-state index in [1.807, 2.05) is 25.1 Å². The van der Waals surface area contributed by atoms with Crippen LogP contribution in [0.2, 0.25) is 10.0 Å². The molecule has 0 saturated carbocycles. The molecule has 1 amide bonds. The number of hydrogen-bond acceptors (Lipinski definition) is 4. The predicted octanol–water partition coefficient (Wildman–Crippen LogP) is 7.88. The van der Waals surface area contributed by atoms with Crippen LogP contribution in [0.1, 0.15) is 18.1 Å². The van der Waals surface area contributed by atoms with E-state index in [9.17, 15) is 10.1 Å². The third-order valence-electron chi connectivity index (χ3n) is 4.49. The smallest absolute Gasteiger partial charge is 0.266 e. The number of nitriles is 1. The summed E-state index contributed by atoms with van der Waals surface area (Å²) in [5.74, 6) is 0.844. The Kier molecular flexibility index (Phi) is 9.65. The number of benzene rings is 3. The van der Waals surface area contributed by atoms with Crippen LogP contribution >= 0.6 is 61.7 Å². The zero-order valence-electron chi connectivity index (χ0n) is 17.9. The van der Waals surface area contributed by atoms with Crippen molar-refractivity contribution in [1.82, 2.24) is 0 Å². The van der Waals surface area contributed by atoms with E-state index in [2.05, 4.69) is 43.8 Å². The third-order valence-corrected chi connectivity index (χ3v) is 6.62. The highest BCUT2D eigenvalue weighted by Crippen LogP contribution is 2.34. The Bertz CT molecular complexity index is 1250. The Hall–Kier alpha value is -2.25. The average molecular weight is 672 g/mol. The number of nitrogens with one attached hydrogen (secondary N) is 1. The molecule has 9 heteroatoms. The van der Waals surface area contributed by atoms with E-state index in [4.69, 9.17) is 32.7 Å². The second-order valence-corrected chi connectivity index (χ2v) is 9.76. The number of ether oxygens (including phenoxy) is 2. The molecule has 0 atom stereocenters. The van der Waals surface area contributed by atoms with Crippen LogP contribution in [0.15, 0.2) is 64.6 Å². The minimum Gasteiger partial charge on any atom is -0.494 e. The normalized spacial score (nSPS) is 11.0. The lowest BCUT2D eigenvalue weighted by molar-refractivity contribution is -0.112. The van der Waals surface area contributed by atoms with E-state index in [0.717, 1.165) is 9.13 Å². The molecular formula is C25H18BrCl2IN2O3. The quantitative estimate of drug-likeness (QED) is 0.150. The topological polar surface area (TPSA) is 71.3 Å². The van der Waals surface area contributed by atoms with Crippen molar-refractivity contribution < 1.29 is 14.3 Å². The van der Waals surface area contributed by atoms with Crippen LogP contribution in [-0.2, 0) is 11.4 Å². The van der Waals surface area contributed by atoms with Gasteiger partial charge in [-0.05, 0) is 111 Å². The average Bonchev–Trinajstić information content (AvgIpc) is 2.80. The highest BCUT2D eigenvalue weighted by atomic mass is 127. The Morgan fingerprint density at radius 2 is 1.85 bits per heavy atom. The Balaban J connectivity index is 1.73. The van der Waals surface area contributed by atoms with Gasteiger partial charge in [0.25, 0.3) is 5.91 Å². The van der Waals surface area contributed by atoms with E-state index in [0.29, 0.717) is 50.5 Å². The fraction of sp³-hybridized carbons (Fsp3) is 0.120. The minimum atomic E-state index is -0.502. The summed E-state index contributed by atoms with van der Waals surface area (Å²) >= 11 is 17.7. The first-order chi connectivity index (χ1) is 16.3. The Labute approximate surface area is 229 Å². The maximum atomic E-state index is 12.6. The first-order valence-corrected chi connectivity index (χ1v) is 12.6. The van der Waals surface area contributed by atoms with E-state index in [1.165, 1.54) is 6.08 Å². The molecule has 3 aromatic rings. The zero-order chi connectivity index (χ0) is 24.7. The Morgan fingerprint density at radius 3 is 2.47 bits per heavy atom. The lowest BCUT2D eigenvalue weighted by Crippen LogP contribution is -2.13. The van der Waals surface area contributed by atoms with Gasteiger partial charge in [0.05, 0.1) is 24.7 Å². The maximum Gasteiger partial charge on any atom is 0.266 e. The standard InChI is InChI=1S/C25H18BrCl2IN2O3/c1-2-33-19-6-4-18(5-7-19)31-25(32)17(13-30)9-16-10-20(26)24(23(29)12-16)34-14-15-3-8-21(27)22(28)11-15/h3-12H,2,14H2,1H3,(H,31,32)/b17-9-. The number of nitrogens with zero attached hydrogens (tertiary/aromatic N) is 1. The third kappa shape index (κ3) is 7.12. The Morgan fingerprint density at radius 1 is 1.12 bits per heavy atom. The first-order valence-electron chi connectivity index (χ1n) is 10.0. The molecule has 0 radical (unpaired) electrons. The van der Waals surface area contributed by atoms with Crippen molar-refractivity contribution in [2.24, 2.45) is 0 Å². The molecule has 0 aliphatic carbocycles. The zero-order valence-corrected chi connectivity index (χ0v) is 23.1. The van der Waals surface area contributed by atoms with Crippen molar-refractivity contribution in [2.75, 3.05) is 11.9 Å². The summed E-state index contributed by atoms with van der Waals surface area (Å²) in [7, 11) is 0. The summed E-state index contributed by atoms with van der Waals surface area (Å²) in [6, 6.07) is 17.8. The van der Waals surface area contributed by atoms with E-state index in [1.54, 1.807) is 42.5 Å². The van der Waals surface area contributed by atoms with Gasteiger partial charge in [-0.15, -0.1) is 0 Å². The molecule has 0 fully saturated rings. The molecule has 0 aliphatic heterocycles. The number of amides is 1.